The minimum absolute atomic E-state index is 0.118. The summed E-state index contributed by atoms with van der Waals surface area (Å²) in [7, 11) is 0. The number of halogens is 3. The molecule has 1 aromatic carbocycles. The molecule has 4 rings (SSSR count). The molecule has 2 atom stereocenters. The lowest BCUT2D eigenvalue weighted by Gasteiger charge is -2.28. The van der Waals surface area contributed by atoms with Crippen molar-refractivity contribution in [2.24, 2.45) is 0 Å². The Bertz CT molecular complexity index is 993. The highest BCUT2D eigenvalue weighted by Gasteiger charge is 2.40. The number of imide groups is 1. The number of aryl methyl sites for hydroxylation is 2. The fourth-order valence-corrected chi connectivity index (χ4v) is 4.80. The summed E-state index contributed by atoms with van der Waals surface area (Å²) in [5.41, 5.74) is 1.30. The van der Waals surface area contributed by atoms with Gasteiger partial charge in [-0.1, -0.05) is 17.8 Å². The predicted molar refractivity (Wildman–Crippen MR) is 101 cm³/mol. The van der Waals surface area contributed by atoms with Crippen LogP contribution in [0.1, 0.15) is 41.0 Å². The van der Waals surface area contributed by atoms with Gasteiger partial charge in [0, 0.05) is 12.1 Å². The lowest BCUT2D eigenvalue weighted by atomic mass is 9.80. The number of alkyl halides is 3. The standard InChI is InChI=1S/C20H17F3N2O3S/c1-10-7-15(20(21,22)23)18(24-9-10)28-12-5-6-13-11(8-12)3-2-4-14(13)16-17(26)25-19(27)29-16/h5-9,14,16H,2-4H2,1H3,(H,25,26,27)/t14-,16?/m0/s1. The summed E-state index contributed by atoms with van der Waals surface area (Å²) >= 11 is 0.991. The summed E-state index contributed by atoms with van der Waals surface area (Å²) < 4.78 is 45.4. The molecule has 1 aliphatic carbocycles. The van der Waals surface area contributed by atoms with Crippen LogP contribution in [-0.4, -0.2) is 21.4 Å². The number of amides is 2. The average molecular weight is 422 g/mol. The normalized spacial score (nSPS) is 21.7. The van der Waals surface area contributed by atoms with Crippen molar-refractivity contribution in [1.82, 2.24) is 10.3 Å². The zero-order valence-electron chi connectivity index (χ0n) is 15.4. The minimum Gasteiger partial charge on any atom is -0.438 e. The van der Waals surface area contributed by atoms with Crippen LogP contribution in [0.3, 0.4) is 0 Å². The smallest absolute Gasteiger partial charge is 0.421 e. The number of rotatable bonds is 3. The van der Waals surface area contributed by atoms with Crippen LogP contribution in [0.15, 0.2) is 30.5 Å². The van der Waals surface area contributed by atoms with Crippen molar-refractivity contribution >= 4 is 22.9 Å². The highest BCUT2D eigenvalue weighted by molar-refractivity contribution is 8.15. The van der Waals surface area contributed by atoms with Crippen molar-refractivity contribution in [2.45, 2.75) is 43.5 Å². The lowest BCUT2D eigenvalue weighted by Crippen LogP contribution is -2.30. The molecule has 9 heteroatoms. The quantitative estimate of drug-likeness (QED) is 0.756. The highest BCUT2D eigenvalue weighted by atomic mass is 32.2. The van der Waals surface area contributed by atoms with Gasteiger partial charge in [-0.2, -0.15) is 13.2 Å². The van der Waals surface area contributed by atoms with E-state index in [0.29, 0.717) is 5.56 Å². The molecule has 152 valence electrons. The molecule has 0 spiro atoms. The molecule has 2 heterocycles. The Morgan fingerprint density at radius 2 is 2.03 bits per heavy atom. The third kappa shape index (κ3) is 3.96. The lowest BCUT2D eigenvalue weighted by molar-refractivity contribution is -0.139. The van der Waals surface area contributed by atoms with Gasteiger partial charge in [0.2, 0.25) is 11.8 Å². The summed E-state index contributed by atoms with van der Waals surface area (Å²) in [4.78, 5) is 27.4. The number of nitrogens with zero attached hydrogens (tertiary/aromatic N) is 1. The molecule has 29 heavy (non-hydrogen) atoms. The molecule has 0 bridgehead atoms. The minimum atomic E-state index is -4.58. The summed E-state index contributed by atoms with van der Waals surface area (Å²) in [6, 6.07) is 6.05. The number of carbonyl (C=O) groups excluding carboxylic acids is 2. The summed E-state index contributed by atoms with van der Waals surface area (Å²) in [5.74, 6) is -0.651. The molecule has 1 saturated heterocycles. The monoisotopic (exact) mass is 422 g/mol. The van der Waals surface area contributed by atoms with Gasteiger partial charge in [0.05, 0.1) is 0 Å². The second-order valence-electron chi connectivity index (χ2n) is 7.14. The second kappa shape index (κ2) is 7.37. The Kier molecular flexibility index (Phi) is 5.02. The van der Waals surface area contributed by atoms with Crippen molar-refractivity contribution in [2.75, 3.05) is 0 Å². The Morgan fingerprint density at radius 3 is 2.72 bits per heavy atom. The van der Waals surface area contributed by atoms with Gasteiger partial charge in [-0.15, -0.1) is 0 Å². The van der Waals surface area contributed by atoms with Gasteiger partial charge >= 0.3 is 6.18 Å². The Morgan fingerprint density at radius 1 is 1.24 bits per heavy atom. The molecule has 5 nitrogen and oxygen atoms in total. The number of ether oxygens (including phenoxy) is 1. The molecular weight excluding hydrogens is 405 g/mol. The van der Waals surface area contributed by atoms with E-state index in [0.717, 1.165) is 48.2 Å². The zero-order valence-corrected chi connectivity index (χ0v) is 16.2. The maximum absolute atomic E-state index is 13.3. The van der Waals surface area contributed by atoms with E-state index in [4.69, 9.17) is 4.74 Å². The fraction of sp³-hybridized carbons (Fsp3) is 0.350. The zero-order chi connectivity index (χ0) is 20.8. The summed E-state index contributed by atoms with van der Waals surface area (Å²) in [5, 5.41) is 1.48. The molecule has 0 saturated carbocycles. The Hall–Kier alpha value is -2.55. The third-order valence-electron chi connectivity index (χ3n) is 5.07. The van der Waals surface area contributed by atoms with Crippen molar-refractivity contribution in [3.05, 3.63) is 52.7 Å². The number of fused-ring (bicyclic) bond motifs is 1. The van der Waals surface area contributed by atoms with Crippen LogP contribution in [0.25, 0.3) is 0 Å². The van der Waals surface area contributed by atoms with E-state index in [1.54, 1.807) is 18.2 Å². The van der Waals surface area contributed by atoms with Gasteiger partial charge in [-0.25, -0.2) is 4.98 Å². The van der Waals surface area contributed by atoms with Crippen LogP contribution < -0.4 is 10.1 Å². The molecular formula is C20H17F3N2O3S. The molecule has 1 fully saturated rings. The second-order valence-corrected chi connectivity index (χ2v) is 8.25. The Balaban J connectivity index is 1.63. The Labute approximate surface area is 169 Å². The van der Waals surface area contributed by atoms with Gasteiger partial charge in [0.15, 0.2) is 0 Å². The highest BCUT2D eigenvalue weighted by Crippen LogP contribution is 2.43. The first-order chi connectivity index (χ1) is 13.7. The van der Waals surface area contributed by atoms with Crippen LogP contribution >= 0.6 is 11.8 Å². The van der Waals surface area contributed by atoms with E-state index in [1.165, 1.54) is 13.1 Å². The number of thioether (sulfide) groups is 1. The maximum Gasteiger partial charge on any atom is 0.421 e. The number of benzene rings is 1. The van der Waals surface area contributed by atoms with Crippen molar-refractivity contribution < 1.29 is 27.5 Å². The number of hydrogen-bond acceptors (Lipinski definition) is 5. The van der Waals surface area contributed by atoms with Crippen LogP contribution in [0.2, 0.25) is 0 Å². The van der Waals surface area contributed by atoms with E-state index in [2.05, 4.69) is 10.3 Å². The van der Waals surface area contributed by atoms with Gasteiger partial charge in [-0.05, 0) is 61.1 Å². The van der Waals surface area contributed by atoms with Gasteiger partial charge in [0.1, 0.15) is 16.6 Å². The van der Waals surface area contributed by atoms with E-state index < -0.39 is 22.9 Å². The molecule has 1 aliphatic heterocycles. The first-order valence-electron chi connectivity index (χ1n) is 9.08. The molecule has 2 aliphatic rings. The van der Waals surface area contributed by atoms with Crippen LogP contribution in [-0.2, 0) is 17.4 Å². The number of nitrogens with one attached hydrogen (secondary N) is 1. The molecule has 1 N–H and O–H groups in total. The number of hydrogen-bond donors (Lipinski definition) is 1. The van der Waals surface area contributed by atoms with E-state index in [-0.39, 0.29) is 22.8 Å². The van der Waals surface area contributed by atoms with Gasteiger partial charge in [0.25, 0.3) is 5.24 Å². The molecule has 2 amide bonds. The van der Waals surface area contributed by atoms with Crippen molar-refractivity contribution in [3.8, 4) is 11.6 Å². The van der Waals surface area contributed by atoms with Gasteiger partial charge in [-0.3, -0.25) is 14.9 Å². The number of pyridine rings is 1. The molecule has 1 aromatic heterocycles. The maximum atomic E-state index is 13.3. The first-order valence-corrected chi connectivity index (χ1v) is 9.96. The van der Waals surface area contributed by atoms with E-state index in [9.17, 15) is 22.8 Å². The van der Waals surface area contributed by atoms with Crippen LogP contribution in [0.4, 0.5) is 18.0 Å². The average Bonchev–Trinajstić information content (AvgIpc) is 2.99. The summed E-state index contributed by atoms with van der Waals surface area (Å²) in [6.07, 6.45) is -0.942. The number of aromatic nitrogens is 1. The van der Waals surface area contributed by atoms with E-state index in [1.807, 2.05) is 0 Å². The van der Waals surface area contributed by atoms with Crippen LogP contribution in [0.5, 0.6) is 11.6 Å². The molecule has 0 radical (unpaired) electrons. The SMILES string of the molecule is Cc1cnc(Oc2ccc3c(c2)CCC[C@@H]3C2SC(=O)NC2=O)c(C(F)(F)F)c1. The van der Waals surface area contributed by atoms with Crippen molar-refractivity contribution in [3.63, 3.8) is 0 Å². The molecule has 2 aromatic rings. The van der Waals surface area contributed by atoms with E-state index >= 15 is 0 Å². The third-order valence-corrected chi connectivity index (χ3v) is 6.18. The topological polar surface area (TPSA) is 68.3 Å². The first kappa shape index (κ1) is 19.8. The summed E-state index contributed by atoms with van der Waals surface area (Å²) in [6.45, 7) is 1.53. The number of carbonyl (C=O) groups is 2. The predicted octanol–water partition coefficient (Wildman–Crippen LogP) is 4.97. The fourth-order valence-electron chi connectivity index (χ4n) is 3.79. The largest absolute Gasteiger partial charge is 0.438 e. The molecule has 1 unspecified atom stereocenters. The van der Waals surface area contributed by atoms with Crippen molar-refractivity contribution in [1.29, 1.82) is 0 Å². The van der Waals surface area contributed by atoms with Crippen LogP contribution in [0, 0.1) is 6.92 Å². The van der Waals surface area contributed by atoms with Gasteiger partial charge < -0.3 is 4.74 Å².